The fourth-order valence-electron chi connectivity index (χ4n) is 2.27. The fourth-order valence-corrected chi connectivity index (χ4v) is 2.27. The number of nitrogens with zero attached hydrogens (tertiary/aromatic N) is 1. The summed E-state index contributed by atoms with van der Waals surface area (Å²) in [5, 5.41) is 2.92. The van der Waals surface area contributed by atoms with Crippen molar-refractivity contribution in [3.8, 4) is 0 Å². The minimum Gasteiger partial charge on any atom is -0.465 e. The van der Waals surface area contributed by atoms with Gasteiger partial charge in [0.2, 0.25) is 0 Å². The van der Waals surface area contributed by atoms with Crippen molar-refractivity contribution >= 4 is 23.3 Å². The van der Waals surface area contributed by atoms with E-state index >= 15 is 0 Å². The summed E-state index contributed by atoms with van der Waals surface area (Å²) in [6, 6.07) is 4.07. The van der Waals surface area contributed by atoms with Crippen molar-refractivity contribution < 1.29 is 23.5 Å². The van der Waals surface area contributed by atoms with Gasteiger partial charge in [0, 0.05) is 13.2 Å². The number of esters is 2. The number of halogens is 1. The van der Waals surface area contributed by atoms with Gasteiger partial charge in [0.05, 0.1) is 31.2 Å². The van der Waals surface area contributed by atoms with Crippen molar-refractivity contribution in [2.75, 3.05) is 31.5 Å². The van der Waals surface area contributed by atoms with Gasteiger partial charge >= 0.3 is 11.9 Å². The van der Waals surface area contributed by atoms with Crippen molar-refractivity contribution in [3.63, 3.8) is 0 Å². The standard InChI is InChI=1S/C17H17FN2O4/c1-19-13-8-7-11(18)10-14(13)20-9-5-4-6-12(16(21)23-2)15(20)17(22)24-3/h4-10,19H,1-3H3. The second-order valence-electron chi connectivity index (χ2n) is 4.73. The number of nitrogens with one attached hydrogen (secondary N) is 1. The van der Waals surface area contributed by atoms with Crippen molar-refractivity contribution in [1.82, 2.24) is 0 Å². The third-order valence-corrected chi connectivity index (χ3v) is 3.38. The quantitative estimate of drug-likeness (QED) is 0.854. The molecular weight excluding hydrogens is 315 g/mol. The Morgan fingerprint density at radius 2 is 1.83 bits per heavy atom. The summed E-state index contributed by atoms with van der Waals surface area (Å²) in [7, 11) is 4.08. The molecule has 0 bridgehead atoms. The van der Waals surface area contributed by atoms with Crippen LogP contribution >= 0.6 is 0 Å². The Morgan fingerprint density at radius 3 is 2.46 bits per heavy atom. The van der Waals surface area contributed by atoms with E-state index in [0.717, 1.165) is 0 Å². The van der Waals surface area contributed by atoms with Gasteiger partial charge in [-0.2, -0.15) is 0 Å². The number of anilines is 2. The molecule has 0 saturated heterocycles. The summed E-state index contributed by atoms with van der Waals surface area (Å²) >= 11 is 0. The molecular formula is C17H17FN2O4. The van der Waals surface area contributed by atoms with E-state index in [0.29, 0.717) is 11.4 Å². The second-order valence-corrected chi connectivity index (χ2v) is 4.73. The Hall–Kier alpha value is -3.09. The van der Waals surface area contributed by atoms with Gasteiger partial charge in [-0.15, -0.1) is 0 Å². The van der Waals surface area contributed by atoms with Gasteiger partial charge in [-0.1, -0.05) is 6.08 Å². The number of benzene rings is 1. The van der Waals surface area contributed by atoms with Gasteiger partial charge in [0.25, 0.3) is 0 Å². The van der Waals surface area contributed by atoms with Crippen LogP contribution in [0.1, 0.15) is 0 Å². The number of methoxy groups -OCH3 is 2. The Bertz CT molecular complexity index is 753. The fraction of sp³-hybridized carbons (Fsp3) is 0.176. The summed E-state index contributed by atoms with van der Waals surface area (Å²) in [6.45, 7) is 0. The SMILES string of the molecule is CNc1ccc(F)cc1N1C=CC=CC(C(=O)OC)=C1C(=O)OC. The molecule has 1 aromatic rings. The van der Waals surface area contributed by atoms with E-state index in [1.807, 2.05) is 0 Å². The van der Waals surface area contributed by atoms with Crippen LogP contribution < -0.4 is 10.2 Å². The Kier molecular flexibility index (Phi) is 5.36. The number of hydrogen-bond donors (Lipinski definition) is 1. The predicted octanol–water partition coefficient (Wildman–Crippen LogP) is 2.36. The van der Waals surface area contributed by atoms with Crippen LogP contribution in [0, 0.1) is 5.82 Å². The Labute approximate surface area is 138 Å². The first-order chi connectivity index (χ1) is 11.5. The molecule has 24 heavy (non-hydrogen) atoms. The lowest BCUT2D eigenvalue weighted by molar-refractivity contribution is -0.139. The molecule has 0 aliphatic carbocycles. The molecule has 0 saturated carbocycles. The molecule has 0 unspecified atom stereocenters. The van der Waals surface area contributed by atoms with Crippen molar-refractivity contribution in [1.29, 1.82) is 0 Å². The average molecular weight is 332 g/mol. The molecule has 0 aromatic heterocycles. The molecule has 0 atom stereocenters. The van der Waals surface area contributed by atoms with E-state index in [9.17, 15) is 14.0 Å². The zero-order chi connectivity index (χ0) is 17.7. The Balaban J connectivity index is 2.72. The maximum Gasteiger partial charge on any atom is 0.355 e. The maximum absolute atomic E-state index is 13.8. The first kappa shape index (κ1) is 17.3. The summed E-state index contributed by atoms with van der Waals surface area (Å²) < 4.78 is 23.3. The Morgan fingerprint density at radius 1 is 1.12 bits per heavy atom. The highest BCUT2D eigenvalue weighted by molar-refractivity contribution is 6.06. The summed E-state index contributed by atoms with van der Waals surface area (Å²) in [4.78, 5) is 25.8. The molecule has 7 heteroatoms. The van der Waals surface area contributed by atoms with Gasteiger partial charge in [0.1, 0.15) is 11.5 Å². The van der Waals surface area contributed by atoms with Crippen LogP contribution in [0.4, 0.5) is 15.8 Å². The molecule has 6 nitrogen and oxygen atoms in total. The van der Waals surface area contributed by atoms with E-state index in [-0.39, 0.29) is 11.3 Å². The van der Waals surface area contributed by atoms with Crippen LogP contribution in [-0.4, -0.2) is 33.2 Å². The number of carbonyl (C=O) groups excluding carboxylic acids is 2. The molecule has 1 heterocycles. The van der Waals surface area contributed by atoms with Gasteiger partial charge in [-0.05, 0) is 30.4 Å². The average Bonchev–Trinajstić information content (AvgIpc) is 2.83. The molecule has 0 radical (unpaired) electrons. The highest BCUT2D eigenvalue weighted by Crippen LogP contribution is 2.32. The first-order valence-corrected chi connectivity index (χ1v) is 7.05. The van der Waals surface area contributed by atoms with Crippen LogP contribution in [0.3, 0.4) is 0 Å². The molecule has 0 fully saturated rings. The normalized spacial score (nSPS) is 13.6. The van der Waals surface area contributed by atoms with Crippen LogP contribution in [0.2, 0.25) is 0 Å². The molecule has 0 spiro atoms. The van der Waals surface area contributed by atoms with Crippen LogP contribution in [-0.2, 0) is 19.1 Å². The second kappa shape index (κ2) is 7.45. The zero-order valence-electron chi connectivity index (χ0n) is 13.5. The number of allylic oxidation sites excluding steroid dienone is 2. The number of carbonyl (C=O) groups is 2. The topological polar surface area (TPSA) is 67.9 Å². The van der Waals surface area contributed by atoms with Crippen molar-refractivity contribution in [2.24, 2.45) is 0 Å². The largest absolute Gasteiger partial charge is 0.465 e. The number of ether oxygens (including phenoxy) is 2. The number of hydrogen-bond acceptors (Lipinski definition) is 6. The lowest BCUT2D eigenvalue weighted by Gasteiger charge is -2.25. The monoisotopic (exact) mass is 332 g/mol. The summed E-state index contributed by atoms with van der Waals surface area (Å²) in [5.41, 5.74) is 0.838. The molecule has 1 aliphatic rings. The predicted molar refractivity (Wildman–Crippen MR) is 87.8 cm³/mol. The summed E-state index contributed by atoms with van der Waals surface area (Å²) in [6.07, 6.45) is 6.16. The lowest BCUT2D eigenvalue weighted by Crippen LogP contribution is -2.27. The van der Waals surface area contributed by atoms with Gasteiger partial charge in [0.15, 0.2) is 0 Å². The van der Waals surface area contributed by atoms with Crippen LogP contribution in [0.25, 0.3) is 0 Å². The van der Waals surface area contributed by atoms with E-state index in [1.165, 1.54) is 49.6 Å². The van der Waals surface area contributed by atoms with Crippen molar-refractivity contribution in [2.45, 2.75) is 0 Å². The minimum absolute atomic E-state index is 0.000615. The van der Waals surface area contributed by atoms with Crippen LogP contribution in [0.15, 0.2) is 53.9 Å². The maximum atomic E-state index is 13.8. The molecule has 2 rings (SSSR count). The molecule has 0 amide bonds. The van der Waals surface area contributed by atoms with E-state index in [1.54, 1.807) is 19.2 Å². The third-order valence-electron chi connectivity index (χ3n) is 3.38. The van der Waals surface area contributed by atoms with Gasteiger partial charge in [-0.3, -0.25) is 0 Å². The highest BCUT2D eigenvalue weighted by atomic mass is 19.1. The highest BCUT2D eigenvalue weighted by Gasteiger charge is 2.28. The number of rotatable bonds is 4. The van der Waals surface area contributed by atoms with E-state index < -0.39 is 17.8 Å². The first-order valence-electron chi connectivity index (χ1n) is 7.05. The van der Waals surface area contributed by atoms with Gasteiger partial charge < -0.3 is 19.7 Å². The minimum atomic E-state index is -0.752. The van der Waals surface area contributed by atoms with E-state index in [4.69, 9.17) is 9.47 Å². The lowest BCUT2D eigenvalue weighted by atomic mass is 10.1. The van der Waals surface area contributed by atoms with E-state index in [2.05, 4.69) is 5.32 Å². The molecule has 1 aliphatic heterocycles. The molecule has 126 valence electrons. The van der Waals surface area contributed by atoms with Gasteiger partial charge in [-0.25, -0.2) is 14.0 Å². The molecule has 1 N–H and O–H groups in total. The van der Waals surface area contributed by atoms with Crippen molar-refractivity contribution in [3.05, 3.63) is 59.7 Å². The van der Waals surface area contributed by atoms with Crippen LogP contribution in [0.5, 0.6) is 0 Å². The molecule has 1 aromatic carbocycles. The zero-order valence-corrected chi connectivity index (χ0v) is 13.5. The third kappa shape index (κ3) is 3.29. The summed E-state index contributed by atoms with van der Waals surface area (Å²) in [5.74, 6) is -1.95. The smallest absolute Gasteiger partial charge is 0.355 e.